The molecule has 0 unspecified atom stereocenters. The fraction of sp³-hybridized carbons (Fsp3) is 0.143. The zero-order chi connectivity index (χ0) is 15.1. The van der Waals surface area contributed by atoms with Crippen molar-refractivity contribution in [3.63, 3.8) is 0 Å². The van der Waals surface area contributed by atoms with Crippen molar-refractivity contribution < 1.29 is 8.78 Å². The van der Waals surface area contributed by atoms with Crippen LogP contribution >= 0.6 is 23.2 Å². The number of halogens is 4. The number of hydrogen-bond donors (Lipinski definition) is 0. The number of imidazole rings is 1. The summed E-state index contributed by atoms with van der Waals surface area (Å²) in [6.45, 7) is 1.56. The Morgan fingerprint density at radius 2 is 2.05 bits per heavy atom. The molecule has 0 aliphatic heterocycles. The Hall–Kier alpha value is -1.72. The summed E-state index contributed by atoms with van der Waals surface area (Å²) in [7, 11) is 0. The Morgan fingerprint density at radius 3 is 2.76 bits per heavy atom. The van der Waals surface area contributed by atoms with Gasteiger partial charge in [-0.2, -0.15) is 0 Å². The number of rotatable bonds is 2. The molecule has 21 heavy (non-hydrogen) atoms. The van der Waals surface area contributed by atoms with Crippen LogP contribution in [0.25, 0.3) is 16.9 Å². The Kier molecular flexibility index (Phi) is 3.55. The van der Waals surface area contributed by atoms with Crippen LogP contribution in [0.3, 0.4) is 0 Å². The van der Waals surface area contributed by atoms with Crippen LogP contribution in [0.1, 0.15) is 11.4 Å². The lowest BCUT2D eigenvalue weighted by atomic mass is 10.2. The van der Waals surface area contributed by atoms with Gasteiger partial charge in [0.05, 0.1) is 10.9 Å². The molecule has 3 nitrogen and oxygen atoms in total. The summed E-state index contributed by atoms with van der Waals surface area (Å²) in [5.74, 6) is -1.09. The van der Waals surface area contributed by atoms with Gasteiger partial charge in [-0.05, 0) is 24.6 Å². The summed E-state index contributed by atoms with van der Waals surface area (Å²) in [6.07, 6.45) is 1.39. The third-order valence-electron chi connectivity index (χ3n) is 3.14. The van der Waals surface area contributed by atoms with Gasteiger partial charge >= 0.3 is 0 Å². The zero-order valence-electron chi connectivity index (χ0n) is 10.9. The summed E-state index contributed by atoms with van der Waals surface area (Å²) in [4.78, 5) is 8.35. The second-order valence-corrected chi connectivity index (χ2v) is 5.22. The number of alkyl halides is 1. The third-order valence-corrected chi connectivity index (χ3v) is 3.58. The predicted molar refractivity (Wildman–Crippen MR) is 78.1 cm³/mol. The minimum Gasteiger partial charge on any atom is -0.274 e. The molecule has 1 aromatic carbocycles. The lowest BCUT2D eigenvalue weighted by molar-refractivity contribution is 0.563. The zero-order valence-corrected chi connectivity index (χ0v) is 12.4. The molecule has 0 spiro atoms. The largest absolute Gasteiger partial charge is 0.274 e. The SMILES string of the molecule is Cc1ccc(F)c(-n2c(CCl)nc3cc(Cl)cnc32)c1F. The van der Waals surface area contributed by atoms with Gasteiger partial charge in [-0.15, -0.1) is 11.6 Å². The van der Waals surface area contributed by atoms with Crippen molar-refractivity contribution in [2.75, 3.05) is 0 Å². The molecular weight excluding hydrogens is 319 g/mol. The van der Waals surface area contributed by atoms with E-state index in [0.29, 0.717) is 27.6 Å². The molecule has 3 rings (SSSR count). The maximum Gasteiger partial charge on any atom is 0.164 e. The number of hydrogen-bond acceptors (Lipinski definition) is 2. The van der Waals surface area contributed by atoms with E-state index in [1.807, 2.05) is 0 Å². The maximum atomic E-state index is 14.4. The first-order valence-corrected chi connectivity index (χ1v) is 6.98. The van der Waals surface area contributed by atoms with Crippen molar-refractivity contribution in [2.45, 2.75) is 12.8 Å². The first-order chi connectivity index (χ1) is 10.0. The predicted octanol–water partition coefficient (Wildman–Crippen LogP) is 4.40. The van der Waals surface area contributed by atoms with Crippen LogP contribution in [-0.2, 0) is 5.88 Å². The number of fused-ring (bicyclic) bond motifs is 1. The van der Waals surface area contributed by atoms with Crippen LogP contribution < -0.4 is 0 Å². The highest BCUT2D eigenvalue weighted by molar-refractivity contribution is 6.31. The highest BCUT2D eigenvalue weighted by Gasteiger charge is 2.20. The summed E-state index contributed by atoms with van der Waals surface area (Å²) in [6, 6.07) is 4.15. The Balaban J connectivity index is 2.42. The van der Waals surface area contributed by atoms with Gasteiger partial charge in [-0.3, -0.25) is 4.57 Å². The van der Waals surface area contributed by atoms with Crippen molar-refractivity contribution in [1.29, 1.82) is 0 Å². The second kappa shape index (κ2) is 5.24. The topological polar surface area (TPSA) is 30.7 Å². The van der Waals surface area contributed by atoms with Gasteiger partial charge in [-0.1, -0.05) is 17.7 Å². The molecule has 0 N–H and O–H groups in total. The van der Waals surface area contributed by atoms with Crippen molar-refractivity contribution in [3.05, 3.63) is 52.4 Å². The smallest absolute Gasteiger partial charge is 0.164 e. The average Bonchev–Trinajstić information content (AvgIpc) is 2.81. The van der Waals surface area contributed by atoms with Gasteiger partial charge in [0.15, 0.2) is 11.5 Å². The Labute approximate surface area is 129 Å². The molecule has 2 aromatic heterocycles. The van der Waals surface area contributed by atoms with E-state index >= 15 is 0 Å². The number of aryl methyl sites for hydroxylation is 1. The lowest BCUT2D eigenvalue weighted by Crippen LogP contribution is -2.07. The van der Waals surface area contributed by atoms with Gasteiger partial charge < -0.3 is 0 Å². The number of pyridine rings is 1. The molecule has 0 atom stereocenters. The molecule has 3 aromatic rings. The van der Waals surface area contributed by atoms with Gasteiger partial charge in [-0.25, -0.2) is 18.7 Å². The van der Waals surface area contributed by atoms with Crippen LogP contribution in [0.4, 0.5) is 8.78 Å². The van der Waals surface area contributed by atoms with Crippen molar-refractivity contribution in [1.82, 2.24) is 14.5 Å². The first kappa shape index (κ1) is 14.2. The first-order valence-electron chi connectivity index (χ1n) is 6.06. The fourth-order valence-electron chi connectivity index (χ4n) is 2.16. The summed E-state index contributed by atoms with van der Waals surface area (Å²) in [5.41, 5.74) is 0.822. The standard InChI is InChI=1S/C14H9Cl2F2N3/c1-7-2-3-9(17)13(12(7)18)21-11(5-15)20-10-4-8(16)6-19-14(10)21/h2-4,6H,5H2,1H3. The molecule has 0 aliphatic rings. The molecule has 2 heterocycles. The van der Waals surface area contributed by atoms with Crippen molar-refractivity contribution in [2.24, 2.45) is 0 Å². The average molecular weight is 328 g/mol. The highest BCUT2D eigenvalue weighted by Crippen LogP contribution is 2.28. The van der Waals surface area contributed by atoms with E-state index in [2.05, 4.69) is 9.97 Å². The molecule has 0 amide bonds. The van der Waals surface area contributed by atoms with E-state index in [0.717, 1.165) is 0 Å². The third kappa shape index (κ3) is 2.26. The molecule has 0 aliphatic carbocycles. The van der Waals surface area contributed by atoms with Crippen LogP contribution in [-0.4, -0.2) is 14.5 Å². The minimum absolute atomic E-state index is 0.0131. The Bertz CT molecular complexity index is 846. The van der Waals surface area contributed by atoms with Crippen LogP contribution in [0, 0.1) is 18.6 Å². The highest BCUT2D eigenvalue weighted by atomic mass is 35.5. The summed E-state index contributed by atoms with van der Waals surface area (Å²) >= 11 is 11.7. The normalized spacial score (nSPS) is 11.3. The van der Waals surface area contributed by atoms with Crippen molar-refractivity contribution >= 4 is 34.4 Å². The maximum absolute atomic E-state index is 14.4. The summed E-state index contributed by atoms with van der Waals surface area (Å²) in [5, 5.41) is 0.387. The summed E-state index contributed by atoms with van der Waals surface area (Å²) < 4.78 is 29.8. The van der Waals surface area contributed by atoms with Gasteiger partial charge in [0, 0.05) is 6.20 Å². The molecule has 0 fully saturated rings. The van der Waals surface area contributed by atoms with E-state index in [9.17, 15) is 8.78 Å². The number of aromatic nitrogens is 3. The van der Waals surface area contributed by atoms with E-state index in [1.54, 1.807) is 13.0 Å². The minimum atomic E-state index is -0.708. The van der Waals surface area contributed by atoms with E-state index in [-0.39, 0.29) is 11.6 Å². The molecule has 7 heteroatoms. The quantitative estimate of drug-likeness (QED) is 0.653. The van der Waals surface area contributed by atoms with Crippen LogP contribution in [0.5, 0.6) is 0 Å². The van der Waals surface area contributed by atoms with Crippen molar-refractivity contribution in [3.8, 4) is 5.69 Å². The van der Waals surface area contributed by atoms with Gasteiger partial charge in [0.2, 0.25) is 0 Å². The van der Waals surface area contributed by atoms with E-state index in [1.165, 1.54) is 22.9 Å². The number of benzene rings is 1. The monoisotopic (exact) mass is 327 g/mol. The second-order valence-electron chi connectivity index (χ2n) is 4.52. The number of nitrogens with zero attached hydrogens (tertiary/aromatic N) is 3. The van der Waals surface area contributed by atoms with Crippen LogP contribution in [0.15, 0.2) is 24.4 Å². The van der Waals surface area contributed by atoms with Gasteiger partial charge in [0.25, 0.3) is 0 Å². The fourth-order valence-corrected chi connectivity index (χ4v) is 2.49. The lowest BCUT2D eigenvalue weighted by Gasteiger charge is -2.11. The molecule has 108 valence electrons. The van der Waals surface area contributed by atoms with E-state index in [4.69, 9.17) is 23.2 Å². The molecule has 0 saturated heterocycles. The molecular formula is C14H9Cl2F2N3. The molecule has 0 saturated carbocycles. The molecule has 0 bridgehead atoms. The Morgan fingerprint density at radius 1 is 1.29 bits per heavy atom. The molecule has 0 radical (unpaired) electrons. The van der Waals surface area contributed by atoms with Crippen LogP contribution in [0.2, 0.25) is 5.02 Å². The van der Waals surface area contributed by atoms with Gasteiger partial charge in [0.1, 0.15) is 22.8 Å². The van der Waals surface area contributed by atoms with E-state index < -0.39 is 11.6 Å².